The summed E-state index contributed by atoms with van der Waals surface area (Å²) in [4.78, 5) is 2.15. The fourth-order valence-electron chi connectivity index (χ4n) is 3.94. The molecule has 2 nitrogen and oxygen atoms in total. The van der Waals surface area contributed by atoms with Gasteiger partial charge in [0.2, 0.25) is 0 Å². The third-order valence-corrected chi connectivity index (χ3v) is 8.09. The van der Waals surface area contributed by atoms with Crippen LogP contribution >= 0.6 is 7.81 Å². The van der Waals surface area contributed by atoms with E-state index in [-0.39, 0.29) is 15.0 Å². The van der Waals surface area contributed by atoms with Crippen LogP contribution < -0.4 is 4.90 Å². The van der Waals surface area contributed by atoms with Gasteiger partial charge >= 0.3 is 232 Å². The quantitative estimate of drug-likeness (QED) is 0.142. The maximum absolute atomic E-state index is 10.7. The van der Waals surface area contributed by atoms with Gasteiger partial charge in [0.1, 0.15) is 0 Å². The summed E-state index contributed by atoms with van der Waals surface area (Å²) in [6.45, 7) is 4.36. The van der Waals surface area contributed by atoms with Crippen LogP contribution in [0.15, 0.2) is 89.0 Å². The first-order valence-electron chi connectivity index (χ1n) is 11.9. The van der Waals surface area contributed by atoms with Crippen LogP contribution in [0.1, 0.15) is 22.3 Å². The number of allylic oxidation sites excluding steroid dienone is 9. The molecule has 0 radical (unpaired) electrons. The van der Waals surface area contributed by atoms with E-state index in [2.05, 4.69) is 130 Å². The second-order valence-corrected chi connectivity index (χ2v) is 14.0. The van der Waals surface area contributed by atoms with Gasteiger partial charge in [0.05, 0.1) is 0 Å². The number of anilines is 1. The van der Waals surface area contributed by atoms with E-state index >= 15 is 0 Å². The van der Waals surface area contributed by atoms with Gasteiger partial charge in [0.25, 0.3) is 0 Å². The van der Waals surface area contributed by atoms with E-state index in [1.54, 1.807) is 0 Å². The summed E-state index contributed by atoms with van der Waals surface area (Å²) in [6.07, 6.45) is 13.8. The summed E-state index contributed by atoms with van der Waals surface area (Å²) >= 11 is 0.238. The van der Waals surface area contributed by atoms with Crippen LogP contribution in [0.4, 0.5) is 30.9 Å². The van der Waals surface area contributed by atoms with Crippen LogP contribution in [0, 0.1) is 13.8 Å². The molecular weight excluding hydrogens is 600 g/mol. The van der Waals surface area contributed by atoms with E-state index in [0.29, 0.717) is 0 Å². The van der Waals surface area contributed by atoms with Crippen molar-refractivity contribution in [2.75, 3.05) is 33.1 Å². The number of halogens is 6. The van der Waals surface area contributed by atoms with Crippen molar-refractivity contribution in [2.24, 2.45) is 0 Å². The monoisotopic (exact) mass is 632 g/mol. The molecule has 0 bridgehead atoms. The fourth-order valence-corrected chi connectivity index (χ4v) is 6.28. The Morgan fingerprint density at radius 3 is 1.69 bits per heavy atom. The van der Waals surface area contributed by atoms with Crippen molar-refractivity contribution in [3.63, 3.8) is 0 Å². The van der Waals surface area contributed by atoms with Gasteiger partial charge in [-0.15, -0.1) is 0 Å². The van der Waals surface area contributed by atoms with Gasteiger partial charge in [0, 0.05) is 0 Å². The molecule has 2 aromatic carbocycles. The van der Waals surface area contributed by atoms with Gasteiger partial charge in [-0.2, -0.15) is 0 Å². The molecule has 1 aliphatic carbocycles. The first-order chi connectivity index (χ1) is 17.7. The molecule has 0 atom stereocenters. The zero-order valence-electron chi connectivity index (χ0n) is 22.5. The van der Waals surface area contributed by atoms with Crippen molar-refractivity contribution in [2.45, 2.75) is 13.8 Å². The van der Waals surface area contributed by atoms with E-state index in [9.17, 15) is 25.2 Å². The number of hydrogen-bond donors (Lipinski definition) is 0. The van der Waals surface area contributed by atoms with Crippen LogP contribution in [0.25, 0.3) is 10.0 Å². The van der Waals surface area contributed by atoms with Gasteiger partial charge < -0.3 is 0 Å². The van der Waals surface area contributed by atoms with Gasteiger partial charge in [-0.05, 0) is 0 Å². The molecule has 0 unspecified atom stereocenters. The number of aryl methyl sites for hydroxylation is 2. The second-order valence-electron chi connectivity index (χ2n) is 9.79. The molecular formula is C29H31F6N2PSe. The molecule has 0 spiro atoms. The molecule has 0 saturated carbocycles. The normalized spacial score (nSPS) is 17.0. The van der Waals surface area contributed by atoms with Crippen LogP contribution in [-0.4, -0.2) is 53.4 Å². The van der Waals surface area contributed by atoms with Crippen LogP contribution in [0.2, 0.25) is 0 Å². The van der Waals surface area contributed by atoms with Crippen molar-refractivity contribution in [3.05, 3.63) is 111 Å². The summed E-state index contributed by atoms with van der Waals surface area (Å²) in [5, 5.41) is 0. The SMILES string of the molecule is Cc1cc(C)cc(C2=CC(=C3C=CC(=[N+](C)C)C=C3)[Se]C(c3ccc(N(C)C)cc3)=C2)c1.F[P-](F)(F)(F)(F)F. The topological polar surface area (TPSA) is 6.25 Å². The van der Waals surface area contributed by atoms with Crippen LogP contribution in [0.3, 0.4) is 0 Å². The molecule has 0 N–H and O–H groups in total. The van der Waals surface area contributed by atoms with Gasteiger partial charge in [0.15, 0.2) is 0 Å². The number of rotatable bonds is 3. The summed E-state index contributed by atoms with van der Waals surface area (Å²) in [7, 11) is -2.31. The minimum absolute atomic E-state index is 0.238. The van der Waals surface area contributed by atoms with Crippen molar-refractivity contribution in [1.82, 2.24) is 0 Å². The minimum atomic E-state index is -10.7. The Balaban J connectivity index is 0.000000532. The van der Waals surface area contributed by atoms with E-state index in [1.807, 2.05) is 0 Å². The Morgan fingerprint density at radius 2 is 1.23 bits per heavy atom. The molecule has 0 fully saturated rings. The molecule has 4 rings (SSSR count). The van der Waals surface area contributed by atoms with E-state index in [4.69, 9.17) is 0 Å². The van der Waals surface area contributed by atoms with Crippen molar-refractivity contribution >= 4 is 44.2 Å². The van der Waals surface area contributed by atoms with Gasteiger partial charge in [-0.1, -0.05) is 0 Å². The zero-order chi connectivity index (χ0) is 29.2. The predicted molar refractivity (Wildman–Crippen MR) is 154 cm³/mol. The Morgan fingerprint density at radius 1 is 0.718 bits per heavy atom. The van der Waals surface area contributed by atoms with Crippen molar-refractivity contribution in [3.8, 4) is 0 Å². The van der Waals surface area contributed by atoms with Crippen molar-refractivity contribution in [1.29, 1.82) is 0 Å². The number of benzene rings is 2. The Hall–Kier alpha value is -2.86. The maximum atomic E-state index is 9.87. The average Bonchev–Trinajstić information content (AvgIpc) is 2.81. The first-order valence-corrected chi connectivity index (χ1v) is 15.7. The van der Waals surface area contributed by atoms with Gasteiger partial charge in [-0.25, -0.2) is 0 Å². The average molecular weight is 632 g/mol. The third-order valence-electron chi connectivity index (χ3n) is 5.68. The van der Waals surface area contributed by atoms with Crippen LogP contribution in [-0.2, 0) is 0 Å². The molecule has 1 aliphatic heterocycles. The Kier molecular flexibility index (Phi) is 8.34. The van der Waals surface area contributed by atoms with E-state index in [0.717, 1.165) is 0 Å². The first kappa shape index (κ1) is 30.7. The van der Waals surface area contributed by atoms with Crippen LogP contribution in [0.5, 0.6) is 0 Å². The van der Waals surface area contributed by atoms with Crippen molar-refractivity contribution < 1.29 is 29.8 Å². The third kappa shape index (κ3) is 10.3. The fraction of sp³-hybridized carbons (Fsp3) is 0.207. The molecule has 0 saturated heterocycles. The molecule has 0 amide bonds. The molecule has 39 heavy (non-hydrogen) atoms. The second kappa shape index (κ2) is 10.6. The number of hydrogen-bond acceptors (Lipinski definition) is 1. The Labute approximate surface area is 231 Å². The summed E-state index contributed by atoms with van der Waals surface area (Å²) in [5.41, 5.74) is 10.3. The molecule has 0 aromatic heterocycles. The Bertz CT molecular complexity index is 1410. The molecule has 1 heterocycles. The number of nitrogens with zero attached hydrogens (tertiary/aromatic N) is 2. The summed E-state index contributed by atoms with van der Waals surface area (Å²) < 4.78 is 64.2. The van der Waals surface area contributed by atoms with Gasteiger partial charge in [-0.3, -0.25) is 0 Å². The van der Waals surface area contributed by atoms with E-state index in [1.165, 1.54) is 53.7 Å². The molecule has 210 valence electrons. The summed E-state index contributed by atoms with van der Waals surface area (Å²) in [5.74, 6) is 0. The summed E-state index contributed by atoms with van der Waals surface area (Å²) in [6, 6.07) is 15.8. The molecule has 10 heteroatoms. The standard InChI is InChI=1S/C29H31N2Se.F6P/c1-20-15-21(2)17-24(16-20)25-18-28(22-7-11-26(12-8-22)30(3)4)32-29(19-25)23-9-13-27(14-10-23)31(5)6;1-7(2,3,4,5)6/h7-19H,1-6H3;/q+1;-1. The molecule has 2 aliphatic rings. The van der Waals surface area contributed by atoms with E-state index < -0.39 is 7.81 Å². The molecule has 2 aromatic rings. The predicted octanol–water partition coefficient (Wildman–Crippen LogP) is 8.99. The zero-order valence-corrected chi connectivity index (χ0v) is 25.1.